The molecule has 0 aromatic heterocycles. The van der Waals surface area contributed by atoms with Gasteiger partial charge in [-0.15, -0.1) is 0 Å². The molecule has 0 aromatic rings. The Bertz CT molecular complexity index is 225. The highest BCUT2D eigenvalue weighted by Crippen LogP contribution is 2.42. The van der Waals surface area contributed by atoms with Gasteiger partial charge in [0, 0.05) is 6.54 Å². The molecule has 1 unspecified atom stereocenters. The SMILES string of the molecule is CC(O)COC1(CN)CCC(C(C)(C)C)CC1. The first kappa shape index (κ1) is 14.9. The fraction of sp³-hybridized carbons (Fsp3) is 1.00. The molecular weight excluding hydrogens is 214 g/mol. The summed E-state index contributed by atoms with van der Waals surface area (Å²) in [5, 5.41) is 9.31. The lowest BCUT2D eigenvalue weighted by Gasteiger charge is -2.43. The highest BCUT2D eigenvalue weighted by Gasteiger charge is 2.38. The summed E-state index contributed by atoms with van der Waals surface area (Å²) in [7, 11) is 0. The molecule has 0 heterocycles. The number of rotatable bonds is 4. The Labute approximate surface area is 106 Å². The Morgan fingerprint density at radius 1 is 1.35 bits per heavy atom. The van der Waals surface area contributed by atoms with Crippen molar-refractivity contribution in [3.05, 3.63) is 0 Å². The zero-order valence-electron chi connectivity index (χ0n) is 11.8. The first-order chi connectivity index (χ1) is 7.79. The zero-order chi connectivity index (χ0) is 13.1. The molecule has 0 amide bonds. The molecule has 1 atom stereocenters. The van der Waals surface area contributed by atoms with Crippen LogP contribution in [0.15, 0.2) is 0 Å². The number of hydrogen-bond acceptors (Lipinski definition) is 3. The predicted molar refractivity (Wildman–Crippen MR) is 70.8 cm³/mol. The summed E-state index contributed by atoms with van der Waals surface area (Å²) in [6.45, 7) is 9.65. The van der Waals surface area contributed by atoms with Gasteiger partial charge >= 0.3 is 0 Å². The highest BCUT2D eigenvalue weighted by molar-refractivity contribution is 4.91. The second-order valence-electron chi connectivity index (χ2n) is 6.69. The Balaban J connectivity index is 2.51. The minimum atomic E-state index is -0.404. The molecule has 1 fully saturated rings. The maximum absolute atomic E-state index is 9.31. The fourth-order valence-corrected chi connectivity index (χ4v) is 2.71. The van der Waals surface area contributed by atoms with Crippen LogP contribution in [0.1, 0.15) is 53.4 Å². The van der Waals surface area contributed by atoms with Crippen LogP contribution < -0.4 is 5.73 Å². The summed E-state index contributed by atoms with van der Waals surface area (Å²) in [6.07, 6.45) is 4.01. The molecule has 102 valence electrons. The number of aliphatic hydroxyl groups excluding tert-OH is 1. The van der Waals surface area contributed by atoms with Crippen LogP contribution >= 0.6 is 0 Å². The molecule has 1 rings (SSSR count). The van der Waals surface area contributed by atoms with Crippen molar-refractivity contribution < 1.29 is 9.84 Å². The number of nitrogens with two attached hydrogens (primary N) is 1. The minimum absolute atomic E-state index is 0.182. The first-order valence-corrected chi connectivity index (χ1v) is 6.81. The van der Waals surface area contributed by atoms with Crippen LogP contribution in [0.25, 0.3) is 0 Å². The van der Waals surface area contributed by atoms with Gasteiger partial charge in [-0.1, -0.05) is 20.8 Å². The lowest BCUT2D eigenvalue weighted by atomic mass is 9.68. The quantitative estimate of drug-likeness (QED) is 0.796. The van der Waals surface area contributed by atoms with E-state index in [0.29, 0.717) is 18.6 Å². The van der Waals surface area contributed by atoms with Crippen LogP contribution in [0.4, 0.5) is 0 Å². The van der Waals surface area contributed by atoms with Crippen molar-refractivity contribution in [1.29, 1.82) is 0 Å². The fourth-order valence-electron chi connectivity index (χ4n) is 2.71. The molecule has 0 aromatic carbocycles. The molecule has 1 saturated carbocycles. The predicted octanol–water partition coefficient (Wildman–Crippen LogP) is 2.32. The molecule has 0 radical (unpaired) electrons. The van der Waals surface area contributed by atoms with Gasteiger partial charge in [-0.2, -0.15) is 0 Å². The Hall–Kier alpha value is -0.120. The minimum Gasteiger partial charge on any atom is -0.391 e. The molecule has 0 saturated heterocycles. The van der Waals surface area contributed by atoms with Crippen LogP contribution in [0.5, 0.6) is 0 Å². The largest absolute Gasteiger partial charge is 0.391 e. The van der Waals surface area contributed by atoms with Gasteiger partial charge in [-0.3, -0.25) is 0 Å². The van der Waals surface area contributed by atoms with E-state index in [1.165, 1.54) is 12.8 Å². The van der Waals surface area contributed by atoms with Gasteiger partial charge < -0.3 is 15.6 Å². The third-order valence-electron chi connectivity index (χ3n) is 4.12. The van der Waals surface area contributed by atoms with E-state index in [1.807, 2.05) is 0 Å². The highest BCUT2D eigenvalue weighted by atomic mass is 16.5. The summed E-state index contributed by atoms with van der Waals surface area (Å²) in [4.78, 5) is 0. The Kier molecular flexibility index (Phi) is 4.99. The maximum atomic E-state index is 9.31. The average molecular weight is 243 g/mol. The Morgan fingerprint density at radius 2 is 1.88 bits per heavy atom. The van der Waals surface area contributed by atoms with Gasteiger partial charge in [0.05, 0.1) is 18.3 Å². The molecule has 17 heavy (non-hydrogen) atoms. The van der Waals surface area contributed by atoms with Crippen LogP contribution in [-0.2, 0) is 4.74 Å². The summed E-state index contributed by atoms with van der Waals surface area (Å²) >= 11 is 0. The van der Waals surface area contributed by atoms with Crippen molar-refractivity contribution in [2.75, 3.05) is 13.2 Å². The van der Waals surface area contributed by atoms with Crippen LogP contribution in [0, 0.1) is 11.3 Å². The van der Waals surface area contributed by atoms with Gasteiger partial charge in [0.1, 0.15) is 0 Å². The van der Waals surface area contributed by atoms with Crippen molar-refractivity contribution in [3.63, 3.8) is 0 Å². The van der Waals surface area contributed by atoms with Crippen molar-refractivity contribution in [2.24, 2.45) is 17.1 Å². The van der Waals surface area contributed by atoms with Gasteiger partial charge in [0.25, 0.3) is 0 Å². The molecule has 0 bridgehead atoms. The monoisotopic (exact) mass is 243 g/mol. The maximum Gasteiger partial charge on any atom is 0.0805 e. The third-order valence-corrected chi connectivity index (χ3v) is 4.12. The molecule has 0 spiro atoms. The lowest BCUT2D eigenvalue weighted by molar-refractivity contribution is -0.102. The summed E-state index contributed by atoms with van der Waals surface area (Å²) < 4.78 is 5.87. The second kappa shape index (κ2) is 5.68. The summed E-state index contributed by atoms with van der Waals surface area (Å²) in [5.74, 6) is 0.761. The Morgan fingerprint density at radius 3 is 2.24 bits per heavy atom. The molecule has 1 aliphatic carbocycles. The van der Waals surface area contributed by atoms with E-state index in [2.05, 4.69) is 20.8 Å². The van der Waals surface area contributed by atoms with Gasteiger partial charge in [0.2, 0.25) is 0 Å². The van der Waals surface area contributed by atoms with Crippen molar-refractivity contribution in [2.45, 2.75) is 65.1 Å². The smallest absolute Gasteiger partial charge is 0.0805 e. The van der Waals surface area contributed by atoms with E-state index in [1.54, 1.807) is 6.92 Å². The first-order valence-electron chi connectivity index (χ1n) is 6.81. The molecule has 3 nitrogen and oxygen atoms in total. The van der Waals surface area contributed by atoms with Gasteiger partial charge in [0.15, 0.2) is 0 Å². The molecular formula is C14H29NO2. The van der Waals surface area contributed by atoms with E-state index < -0.39 is 6.10 Å². The van der Waals surface area contributed by atoms with Crippen LogP contribution in [0.3, 0.4) is 0 Å². The normalized spacial score (nSPS) is 32.5. The molecule has 0 aliphatic heterocycles. The standard InChI is InChI=1S/C14H29NO2/c1-11(16)9-17-14(10-15)7-5-12(6-8-14)13(2,3)4/h11-12,16H,5-10,15H2,1-4H3. The average Bonchev–Trinajstić information content (AvgIpc) is 2.26. The number of ether oxygens (including phenoxy) is 1. The molecule has 3 N–H and O–H groups in total. The van der Waals surface area contributed by atoms with E-state index in [9.17, 15) is 5.11 Å². The number of aliphatic hydroxyl groups is 1. The van der Waals surface area contributed by atoms with Crippen LogP contribution in [0.2, 0.25) is 0 Å². The molecule has 3 heteroatoms. The van der Waals surface area contributed by atoms with E-state index >= 15 is 0 Å². The van der Waals surface area contributed by atoms with E-state index in [-0.39, 0.29) is 5.60 Å². The van der Waals surface area contributed by atoms with Crippen molar-refractivity contribution in [1.82, 2.24) is 0 Å². The zero-order valence-corrected chi connectivity index (χ0v) is 11.8. The summed E-state index contributed by atoms with van der Waals surface area (Å²) in [5.41, 5.74) is 6.07. The lowest BCUT2D eigenvalue weighted by Crippen LogP contribution is -2.46. The summed E-state index contributed by atoms with van der Waals surface area (Å²) in [6, 6.07) is 0. The van der Waals surface area contributed by atoms with Gasteiger partial charge in [-0.25, -0.2) is 0 Å². The third kappa shape index (κ3) is 4.23. The van der Waals surface area contributed by atoms with Crippen LogP contribution in [-0.4, -0.2) is 30.0 Å². The number of hydrogen-bond donors (Lipinski definition) is 2. The van der Waals surface area contributed by atoms with E-state index in [0.717, 1.165) is 18.8 Å². The van der Waals surface area contributed by atoms with Gasteiger partial charge in [-0.05, 0) is 43.9 Å². The van der Waals surface area contributed by atoms with Crippen molar-refractivity contribution >= 4 is 0 Å². The molecule has 1 aliphatic rings. The van der Waals surface area contributed by atoms with E-state index in [4.69, 9.17) is 10.5 Å². The second-order valence-corrected chi connectivity index (χ2v) is 6.69. The topological polar surface area (TPSA) is 55.5 Å². The van der Waals surface area contributed by atoms with Crippen molar-refractivity contribution in [3.8, 4) is 0 Å².